The molecule has 0 bridgehead atoms. The van der Waals surface area contributed by atoms with Gasteiger partial charge in [-0.05, 0) is 29.9 Å². The number of anilines is 1. The van der Waals surface area contributed by atoms with Crippen molar-refractivity contribution in [3.8, 4) is 0 Å². The molecule has 1 unspecified atom stereocenters. The molecule has 2 aromatic heterocycles. The molecule has 1 N–H and O–H groups in total. The zero-order valence-corrected chi connectivity index (χ0v) is 10.7. The number of carboxylic acid groups (broad SMARTS) is 1. The zero-order chi connectivity index (χ0) is 12.5. The summed E-state index contributed by atoms with van der Waals surface area (Å²) in [5, 5.41) is 12.1. The fraction of sp³-hybridized carbons (Fsp3) is 0.385. The molecule has 1 saturated heterocycles. The van der Waals surface area contributed by atoms with E-state index in [2.05, 4.69) is 21.3 Å². The number of aliphatic carboxylic acids is 1. The van der Waals surface area contributed by atoms with Crippen molar-refractivity contribution in [1.29, 1.82) is 0 Å². The number of carbonyl (C=O) groups is 1. The zero-order valence-electron chi connectivity index (χ0n) is 9.87. The van der Waals surface area contributed by atoms with E-state index in [0.29, 0.717) is 0 Å². The molecule has 0 aliphatic carbocycles. The van der Waals surface area contributed by atoms with Crippen molar-refractivity contribution in [2.24, 2.45) is 5.92 Å². The third kappa shape index (κ3) is 2.06. The van der Waals surface area contributed by atoms with Crippen LogP contribution in [0.4, 0.5) is 5.82 Å². The van der Waals surface area contributed by atoms with Crippen LogP contribution >= 0.6 is 11.3 Å². The van der Waals surface area contributed by atoms with E-state index < -0.39 is 5.97 Å². The van der Waals surface area contributed by atoms with Gasteiger partial charge in [0.15, 0.2) is 0 Å². The lowest BCUT2D eigenvalue weighted by Crippen LogP contribution is -2.21. The first-order valence-corrected chi connectivity index (χ1v) is 6.91. The largest absolute Gasteiger partial charge is 0.481 e. The van der Waals surface area contributed by atoms with Crippen LogP contribution in [0.5, 0.6) is 0 Å². The number of aromatic nitrogens is 1. The molecule has 1 aliphatic heterocycles. The molecule has 4 nitrogen and oxygen atoms in total. The van der Waals surface area contributed by atoms with Crippen molar-refractivity contribution in [1.82, 2.24) is 4.98 Å². The summed E-state index contributed by atoms with van der Waals surface area (Å²) in [6, 6.07) is 4.11. The van der Waals surface area contributed by atoms with Crippen molar-refractivity contribution in [2.45, 2.75) is 12.8 Å². The van der Waals surface area contributed by atoms with Gasteiger partial charge in [-0.3, -0.25) is 4.79 Å². The number of fused-ring (bicyclic) bond motifs is 1. The predicted octanol–water partition coefficient (Wildman–Crippen LogP) is 2.60. The lowest BCUT2D eigenvalue weighted by molar-refractivity contribution is -0.137. The molecule has 0 amide bonds. The molecule has 1 aliphatic rings. The molecular formula is C13H14N2O2S. The molecule has 18 heavy (non-hydrogen) atoms. The van der Waals surface area contributed by atoms with Gasteiger partial charge in [0.25, 0.3) is 0 Å². The first-order valence-electron chi connectivity index (χ1n) is 6.03. The summed E-state index contributed by atoms with van der Waals surface area (Å²) >= 11 is 1.71. The normalized spacial score (nSPS) is 19.6. The lowest BCUT2D eigenvalue weighted by Gasteiger charge is -2.18. The van der Waals surface area contributed by atoms with Gasteiger partial charge in [-0.15, -0.1) is 11.3 Å². The minimum Gasteiger partial charge on any atom is -0.481 e. The van der Waals surface area contributed by atoms with Crippen LogP contribution in [0.2, 0.25) is 0 Å². The average molecular weight is 262 g/mol. The van der Waals surface area contributed by atoms with E-state index in [4.69, 9.17) is 5.11 Å². The van der Waals surface area contributed by atoms with Crippen molar-refractivity contribution in [3.63, 3.8) is 0 Å². The van der Waals surface area contributed by atoms with Crippen LogP contribution in [-0.4, -0.2) is 29.1 Å². The summed E-state index contributed by atoms with van der Waals surface area (Å²) in [6.45, 7) is 1.70. The first-order chi connectivity index (χ1) is 8.74. The van der Waals surface area contributed by atoms with Gasteiger partial charge in [0.05, 0.1) is 0 Å². The van der Waals surface area contributed by atoms with Gasteiger partial charge in [-0.1, -0.05) is 0 Å². The Morgan fingerprint density at radius 2 is 2.44 bits per heavy atom. The smallest absolute Gasteiger partial charge is 0.303 e. The van der Waals surface area contributed by atoms with Crippen LogP contribution in [0.25, 0.3) is 10.1 Å². The lowest BCUT2D eigenvalue weighted by atomic mass is 10.1. The van der Waals surface area contributed by atoms with Crippen LogP contribution < -0.4 is 4.90 Å². The van der Waals surface area contributed by atoms with Crippen LogP contribution in [-0.2, 0) is 4.79 Å². The summed E-state index contributed by atoms with van der Waals surface area (Å²) in [6.07, 6.45) is 3.03. The Balaban J connectivity index is 1.84. The van der Waals surface area contributed by atoms with E-state index in [0.717, 1.165) is 25.3 Å². The maximum Gasteiger partial charge on any atom is 0.303 e. The molecule has 0 saturated carbocycles. The van der Waals surface area contributed by atoms with Crippen LogP contribution in [0.3, 0.4) is 0 Å². The number of pyridine rings is 1. The van der Waals surface area contributed by atoms with Gasteiger partial charge in [0.2, 0.25) is 0 Å². The van der Waals surface area contributed by atoms with Gasteiger partial charge in [0, 0.05) is 35.8 Å². The topological polar surface area (TPSA) is 53.4 Å². The highest BCUT2D eigenvalue weighted by atomic mass is 32.1. The van der Waals surface area contributed by atoms with Crippen molar-refractivity contribution < 1.29 is 9.90 Å². The molecule has 5 heteroatoms. The standard InChI is InChI=1S/C13H14N2O2S/c16-12(17)7-9-2-5-15(8-9)13-10-3-6-18-11(10)1-4-14-13/h1,3-4,6,9H,2,5,7-8H2,(H,16,17). The van der Waals surface area contributed by atoms with Crippen molar-refractivity contribution in [3.05, 3.63) is 23.7 Å². The van der Waals surface area contributed by atoms with Crippen LogP contribution in [0.15, 0.2) is 23.7 Å². The molecule has 2 aromatic rings. The van der Waals surface area contributed by atoms with E-state index in [1.165, 1.54) is 10.1 Å². The molecule has 1 fully saturated rings. The van der Waals surface area contributed by atoms with Crippen molar-refractivity contribution in [2.75, 3.05) is 18.0 Å². The third-order valence-corrected chi connectivity index (χ3v) is 4.29. The number of nitrogens with zero attached hydrogens (tertiary/aromatic N) is 2. The van der Waals surface area contributed by atoms with Gasteiger partial charge < -0.3 is 10.0 Å². The maximum absolute atomic E-state index is 10.7. The Labute approximate surface area is 109 Å². The molecule has 3 rings (SSSR count). The highest BCUT2D eigenvalue weighted by Gasteiger charge is 2.26. The van der Waals surface area contributed by atoms with E-state index in [1.54, 1.807) is 11.3 Å². The van der Waals surface area contributed by atoms with Crippen LogP contribution in [0, 0.1) is 5.92 Å². The SMILES string of the molecule is O=C(O)CC1CCN(c2nccc3sccc23)C1. The summed E-state index contributed by atoms with van der Waals surface area (Å²) in [5.74, 6) is 0.545. The second kappa shape index (κ2) is 4.57. The summed E-state index contributed by atoms with van der Waals surface area (Å²) in [5.41, 5.74) is 0. The fourth-order valence-electron chi connectivity index (χ4n) is 2.57. The quantitative estimate of drug-likeness (QED) is 0.923. The molecule has 3 heterocycles. The number of hydrogen-bond donors (Lipinski definition) is 1. The Morgan fingerprint density at radius 1 is 1.56 bits per heavy atom. The van der Waals surface area contributed by atoms with E-state index in [9.17, 15) is 4.79 Å². The predicted molar refractivity (Wildman–Crippen MR) is 72.2 cm³/mol. The molecule has 0 spiro atoms. The highest BCUT2D eigenvalue weighted by molar-refractivity contribution is 7.17. The number of hydrogen-bond acceptors (Lipinski definition) is 4. The Kier molecular flexibility index (Phi) is 2.91. The summed E-state index contributed by atoms with van der Waals surface area (Å²) in [4.78, 5) is 17.4. The average Bonchev–Trinajstić information content (AvgIpc) is 2.95. The molecule has 1 atom stereocenters. The minimum atomic E-state index is -0.705. The second-order valence-electron chi connectivity index (χ2n) is 4.67. The Morgan fingerprint density at radius 3 is 3.28 bits per heavy atom. The fourth-order valence-corrected chi connectivity index (χ4v) is 3.35. The minimum absolute atomic E-state index is 0.248. The molecule has 0 aromatic carbocycles. The molecule has 94 valence electrons. The van der Waals surface area contributed by atoms with Crippen LogP contribution in [0.1, 0.15) is 12.8 Å². The van der Waals surface area contributed by atoms with Gasteiger partial charge in [-0.2, -0.15) is 0 Å². The number of thiophene rings is 1. The second-order valence-corrected chi connectivity index (χ2v) is 5.61. The first kappa shape index (κ1) is 11.5. The highest BCUT2D eigenvalue weighted by Crippen LogP contribution is 2.32. The molecular weight excluding hydrogens is 248 g/mol. The van der Waals surface area contributed by atoms with Gasteiger partial charge in [0.1, 0.15) is 5.82 Å². The van der Waals surface area contributed by atoms with Crippen molar-refractivity contribution >= 4 is 33.2 Å². The van der Waals surface area contributed by atoms with E-state index in [1.807, 2.05) is 12.3 Å². The van der Waals surface area contributed by atoms with E-state index in [-0.39, 0.29) is 12.3 Å². The van der Waals surface area contributed by atoms with Gasteiger partial charge in [-0.25, -0.2) is 4.98 Å². The van der Waals surface area contributed by atoms with Gasteiger partial charge >= 0.3 is 5.97 Å². The summed E-state index contributed by atoms with van der Waals surface area (Å²) in [7, 11) is 0. The monoisotopic (exact) mass is 262 g/mol. The number of rotatable bonds is 3. The Bertz CT molecular complexity index is 581. The van der Waals surface area contributed by atoms with E-state index >= 15 is 0 Å². The molecule has 0 radical (unpaired) electrons. The Hall–Kier alpha value is -1.62. The third-order valence-electron chi connectivity index (χ3n) is 3.41. The number of carboxylic acids is 1. The maximum atomic E-state index is 10.7. The summed E-state index contributed by atoms with van der Waals surface area (Å²) < 4.78 is 1.24.